The summed E-state index contributed by atoms with van der Waals surface area (Å²) in [5, 5.41) is 3.14. The van der Waals surface area contributed by atoms with Crippen LogP contribution in [-0.2, 0) is 0 Å². The number of ketones is 1. The van der Waals surface area contributed by atoms with Crippen LogP contribution in [0.25, 0.3) is 0 Å². The first-order chi connectivity index (χ1) is 9.27. The Balaban J connectivity index is 2.08. The van der Waals surface area contributed by atoms with Gasteiger partial charge in [-0.05, 0) is 18.2 Å². The van der Waals surface area contributed by atoms with Gasteiger partial charge in [0.05, 0.1) is 23.0 Å². The maximum absolute atomic E-state index is 13.6. The number of hydrogen-bond acceptors (Lipinski definition) is 4. The quantitative estimate of drug-likeness (QED) is 0.839. The van der Waals surface area contributed by atoms with Crippen LogP contribution in [0.15, 0.2) is 36.7 Å². The molecule has 0 fully saturated rings. The number of pyridine rings is 1. The van der Waals surface area contributed by atoms with Gasteiger partial charge in [-0.15, -0.1) is 0 Å². The fraction of sp³-hybridized carbons (Fsp3) is 0.143. The SMILES string of the molecule is O=C(c1ccncc1F)c1cccc2c1OCCN2. The number of rotatable bonds is 2. The van der Waals surface area contributed by atoms with Crippen LogP contribution in [-0.4, -0.2) is 23.9 Å². The van der Waals surface area contributed by atoms with Crippen molar-refractivity contribution in [2.24, 2.45) is 0 Å². The summed E-state index contributed by atoms with van der Waals surface area (Å²) in [5.74, 6) is -0.552. The molecule has 1 aromatic carbocycles. The van der Waals surface area contributed by atoms with Crippen molar-refractivity contribution in [3.63, 3.8) is 0 Å². The Morgan fingerprint density at radius 2 is 2.21 bits per heavy atom. The molecular formula is C14H11FN2O2. The Labute approximate surface area is 109 Å². The van der Waals surface area contributed by atoms with Gasteiger partial charge >= 0.3 is 0 Å². The van der Waals surface area contributed by atoms with E-state index in [1.807, 2.05) is 6.07 Å². The molecule has 1 aromatic heterocycles. The fourth-order valence-electron chi connectivity index (χ4n) is 2.05. The number of ether oxygens (including phenoxy) is 1. The van der Waals surface area contributed by atoms with Crippen molar-refractivity contribution in [2.75, 3.05) is 18.5 Å². The average molecular weight is 258 g/mol. The van der Waals surface area contributed by atoms with E-state index in [-0.39, 0.29) is 5.56 Å². The molecule has 0 radical (unpaired) electrons. The molecule has 1 aliphatic rings. The highest BCUT2D eigenvalue weighted by atomic mass is 19.1. The second-order valence-corrected chi connectivity index (χ2v) is 4.14. The number of fused-ring (bicyclic) bond motifs is 1. The van der Waals surface area contributed by atoms with Gasteiger partial charge in [-0.1, -0.05) is 6.07 Å². The molecule has 0 spiro atoms. The predicted molar refractivity (Wildman–Crippen MR) is 68.1 cm³/mol. The molecule has 0 amide bonds. The molecule has 1 aliphatic heterocycles. The number of hydrogen-bond donors (Lipinski definition) is 1. The fourth-order valence-corrected chi connectivity index (χ4v) is 2.05. The first-order valence-corrected chi connectivity index (χ1v) is 5.91. The zero-order chi connectivity index (χ0) is 13.2. The molecular weight excluding hydrogens is 247 g/mol. The third-order valence-electron chi connectivity index (χ3n) is 2.94. The van der Waals surface area contributed by atoms with Gasteiger partial charge in [-0.2, -0.15) is 0 Å². The van der Waals surface area contributed by atoms with E-state index < -0.39 is 11.6 Å². The van der Waals surface area contributed by atoms with E-state index in [2.05, 4.69) is 10.3 Å². The summed E-state index contributed by atoms with van der Waals surface area (Å²) in [7, 11) is 0. The second kappa shape index (κ2) is 4.68. The zero-order valence-corrected chi connectivity index (χ0v) is 10.0. The van der Waals surface area contributed by atoms with Crippen molar-refractivity contribution < 1.29 is 13.9 Å². The van der Waals surface area contributed by atoms with Crippen molar-refractivity contribution in [1.82, 2.24) is 4.98 Å². The Bertz CT molecular complexity index is 643. The van der Waals surface area contributed by atoms with Gasteiger partial charge in [0.25, 0.3) is 0 Å². The van der Waals surface area contributed by atoms with E-state index in [1.54, 1.807) is 12.1 Å². The van der Waals surface area contributed by atoms with Crippen molar-refractivity contribution in [2.45, 2.75) is 0 Å². The van der Waals surface area contributed by atoms with Gasteiger partial charge < -0.3 is 10.1 Å². The summed E-state index contributed by atoms with van der Waals surface area (Å²) in [6.07, 6.45) is 2.42. The van der Waals surface area contributed by atoms with Gasteiger partial charge in [0.1, 0.15) is 6.61 Å². The number of halogens is 1. The van der Waals surface area contributed by atoms with Crippen LogP contribution in [0.2, 0.25) is 0 Å². The lowest BCUT2D eigenvalue weighted by atomic mass is 10.0. The molecule has 0 saturated carbocycles. The summed E-state index contributed by atoms with van der Waals surface area (Å²) < 4.78 is 19.1. The minimum absolute atomic E-state index is 0.00225. The van der Waals surface area contributed by atoms with E-state index in [9.17, 15) is 9.18 Å². The summed E-state index contributed by atoms with van der Waals surface area (Å²) in [5.41, 5.74) is 1.11. The second-order valence-electron chi connectivity index (χ2n) is 4.14. The topological polar surface area (TPSA) is 51.2 Å². The number of carbonyl (C=O) groups is 1. The Morgan fingerprint density at radius 3 is 3.05 bits per heavy atom. The number of benzene rings is 1. The lowest BCUT2D eigenvalue weighted by molar-refractivity contribution is 0.103. The first kappa shape index (κ1) is 11.6. The van der Waals surface area contributed by atoms with Crippen LogP contribution in [0.5, 0.6) is 5.75 Å². The van der Waals surface area contributed by atoms with Gasteiger partial charge in [-0.25, -0.2) is 4.39 Å². The number of carbonyl (C=O) groups excluding carboxylic acids is 1. The molecule has 3 rings (SSSR count). The number of para-hydroxylation sites is 1. The highest BCUT2D eigenvalue weighted by Crippen LogP contribution is 2.32. The van der Waals surface area contributed by atoms with E-state index >= 15 is 0 Å². The minimum atomic E-state index is -0.631. The molecule has 0 bridgehead atoms. The number of aromatic nitrogens is 1. The molecule has 4 nitrogen and oxygen atoms in total. The van der Waals surface area contributed by atoms with Crippen molar-refractivity contribution in [3.05, 3.63) is 53.6 Å². The molecule has 5 heteroatoms. The van der Waals surface area contributed by atoms with Gasteiger partial charge in [0.2, 0.25) is 0 Å². The zero-order valence-electron chi connectivity index (χ0n) is 10.0. The monoisotopic (exact) mass is 258 g/mol. The molecule has 2 aromatic rings. The maximum atomic E-state index is 13.6. The molecule has 1 N–H and O–H groups in total. The van der Waals surface area contributed by atoms with Crippen molar-refractivity contribution >= 4 is 11.5 Å². The van der Waals surface area contributed by atoms with Crippen LogP contribution < -0.4 is 10.1 Å². The Morgan fingerprint density at radius 1 is 1.32 bits per heavy atom. The highest BCUT2D eigenvalue weighted by Gasteiger charge is 2.21. The lowest BCUT2D eigenvalue weighted by Crippen LogP contribution is -2.20. The summed E-state index contributed by atoms with van der Waals surface area (Å²) in [4.78, 5) is 16.0. The predicted octanol–water partition coefficient (Wildman–Crippen LogP) is 2.26. The number of anilines is 1. The molecule has 2 heterocycles. The first-order valence-electron chi connectivity index (χ1n) is 5.91. The molecule has 96 valence electrons. The highest BCUT2D eigenvalue weighted by molar-refractivity contribution is 6.11. The lowest BCUT2D eigenvalue weighted by Gasteiger charge is -2.21. The van der Waals surface area contributed by atoms with E-state index in [1.165, 1.54) is 12.3 Å². The normalized spacial score (nSPS) is 13.1. The van der Waals surface area contributed by atoms with Crippen molar-refractivity contribution in [3.8, 4) is 5.75 Å². The van der Waals surface area contributed by atoms with E-state index in [4.69, 9.17) is 4.74 Å². The maximum Gasteiger partial charge on any atom is 0.199 e. The van der Waals surface area contributed by atoms with E-state index in [0.29, 0.717) is 24.5 Å². The third kappa shape index (κ3) is 2.03. The number of nitrogens with one attached hydrogen (secondary N) is 1. The Kier molecular flexibility index (Phi) is 2.87. The van der Waals surface area contributed by atoms with Gasteiger partial charge in [0, 0.05) is 12.7 Å². The average Bonchev–Trinajstić information content (AvgIpc) is 2.46. The van der Waals surface area contributed by atoms with Gasteiger partial charge in [0.15, 0.2) is 17.3 Å². The molecule has 0 saturated heterocycles. The minimum Gasteiger partial charge on any atom is -0.489 e. The smallest absolute Gasteiger partial charge is 0.199 e. The van der Waals surface area contributed by atoms with Crippen LogP contribution in [0.4, 0.5) is 10.1 Å². The largest absolute Gasteiger partial charge is 0.489 e. The van der Waals surface area contributed by atoms with Gasteiger partial charge in [-0.3, -0.25) is 9.78 Å². The molecule has 0 unspecified atom stereocenters. The number of nitrogens with zero attached hydrogens (tertiary/aromatic N) is 1. The van der Waals surface area contributed by atoms with Crippen LogP contribution in [0.3, 0.4) is 0 Å². The summed E-state index contributed by atoms with van der Waals surface area (Å²) in [6.45, 7) is 1.17. The van der Waals surface area contributed by atoms with Crippen LogP contribution in [0, 0.1) is 5.82 Å². The van der Waals surface area contributed by atoms with Crippen LogP contribution in [0.1, 0.15) is 15.9 Å². The molecule has 19 heavy (non-hydrogen) atoms. The summed E-state index contributed by atoms with van der Waals surface area (Å²) >= 11 is 0. The van der Waals surface area contributed by atoms with Crippen LogP contribution >= 0.6 is 0 Å². The molecule has 0 aliphatic carbocycles. The van der Waals surface area contributed by atoms with Crippen molar-refractivity contribution in [1.29, 1.82) is 0 Å². The standard InChI is InChI=1S/C14H11FN2O2/c15-11-8-16-5-4-9(11)13(18)10-2-1-3-12-14(10)19-7-6-17-12/h1-5,8,17H,6-7H2. The summed E-state index contributed by atoms with van der Waals surface area (Å²) in [6, 6.07) is 6.57. The third-order valence-corrected chi connectivity index (χ3v) is 2.94. The molecule has 0 atom stereocenters. The van der Waals surface area contributed by atoms with E-state index in [0.717, 1.165) is 11.9 Å². The Hall–Kier alpha value is -2.43.